The predicted molar refractivity (Wildman–Crippen MR) is 104 cm³/mol. The lowest BCUT2D eigenvalue weighted by Gasteiger charge is -2.32. The Morgan fingerprint density at radius 3 is 3.12 bits per heavy atom. The summed E-state index contributed by atoms with van der Waals surface area (Å²) in [4.78, 5) is 23.4. The van der Waals surface area contributed by atoms with Crippen LogP contribution in [-0.4, -0.2) is 38.4 Å². The number of likely N-dealkylation sites (tertiary alicyclic amines) is 1. The number of carbonyl (C=O) groups is 1. The first kappa shape index (κ1) is 17.2. The van der Waals surface area contributed by atoms with Gasteiger partial charge in [-0.15, -0.1) is 11.3 Å². The summed E-state index contributed by atoms with van der Waals surface area (Å²) in [5.41, 5.74) is 2.63. The Bertz CT molecular complexity index is 931. The highest BCUT2D eigenvalue weighted by atomic mass is 32.1. The standard InChI is InChI=1S/C19H23N5OS/c1-13(25)22-19-21-10-16(26-19)12-24-7-3-4-14(11-24)18-8-15-9-20-6-5-17(15)23(18)2/h5-6,8-10,14H,3-4,7,11-12H2,1-2H3,(H,21,22,25). The minimum Gasteiger partial charge on any atom is -0.347 e. The average Bonchev–Trinajstić information content (AvgIpc) is 3.19. The highest BCUT2D eigenvalue weighted by Crippen LogP contribution is 2.32. The zero-order valence-corrected chi connectivity index (χ0v) is 15.9. The second-order valence-electron chi connectivity index (χ2n) is 6.95. The molecular formula is C19H23N5OS. The third kappa shape index (κ3) is 3.50. The zero-order chi connectivity index (χ0) is 18.1. The SMILES string of the molecule is CC(=O)Nc1ncc(CN2CCCC(c3cc4cnccc4n3C)C2)s1. The van der Waals surface area contributed by atoms with Crippen molar-refractivity contribution in [3.8, 4) is 0 Å². The molecule has 0 aliphatic carbocycles. The number of aromatic nitrogens is 3. The Labute approximate surface area is 156 Å². The van der Waals surface area contributed by atoms with E-state index in [1.165, 1.54) is 41.2 Å². The molecule has 136 valence electrons. The number of hydrogen-bond donors (Lipinski definition) is 1. The maximum atomic E-state index is 11.2. The van der Waals surface area contributed by atoms with Crippen LogP contribution in [0, 0.1) is 0 Å². The third-order valence-corrected chi connectivity index (χ3v) is 5.92. The van der Waals surface area contributed by atoms with Crippen LogP contribution in [0.25, 0.3) is 10.9 Å². The molecule has 3 aromatic heterocycles. The van der Waals surface area contributed by atoms with Crippen LogP contribution in [0.3, 0.4) is 0 Å². The molecule has 1 amide bonds. The van der Waals surface area contributed by atoms with Gasteiger partial charge in [0, 0.05) is 67.5 Å². The molecule has 1 fully saturated rings. The van der Waals surface area contributed by atoms with Gasteiger partial charge in [-0.25, -0.2) is 4.98 Å². The minimum absolute atomic E-state index is 0.0748. The third-order valence-electron chi connectivity index (χ3n) is 5.02. The van der Waals surface area contributed by atoms with Crippen LogP contribution < -0.4 is 5.32 Å². The summed E-state index contributed by atoms with van der Waals surface area (Å²) in [6, 6.07) is 4.37. The predicted octanol–water partition coefficient (Wildman–Crippen LogP) is 3.37. The van der Waals surface area contributed by atoms with Gasteiger partial charge in [0.25, 0.3) is 0 Å². The highest BCUT2D eigenvalue weighted by Gasteiger charge is 2.24. The number of pyridine rings is 1. The minimum atomic E-state index is -0.0748. The quantitative estimate of drug-likeness (QED) is 0.766. The lowest BCUT2D eigenvalue weighted by atomic mass is 9.94. The van der Waals surface area contributed by atoms with Gasteiger partial charge < -0.3 is 9.88 Å². The monoisotopic (exact) mass is 369 g/mol. The first-order valence-corrected chi connectivity index (χ1v) is 9.76. The van der Waals surface area contributed by atoms with E-state index < -0.39 is 0 Å². The van der Waals surface area contributed by atoms with Gasteiger partial charge in [0.1, 0.15) is 0 Å². The molecule has 6 nitrogen and oxygen atoms in total. The molecule has 0 radical (unpaired) electrons. The van der Waals surface area contributed by atoms with E-state index in [4.69, 9.17) is 0 Å². The highest BCUT2D eigenvalue weighted by molar-refractivity contribution is 7.15. The van der Waals surface area contributed by atoms with Crippen molar-refractivity contribution < 1.29 is 4.79 Å². The number of nitrogens with one attached hydrogen (secondary N) is 1. The topological polar surface area (TPSA) is 63.1 Å². The molecule has 1 atom stereocenters. The molecule has 1 saturated heterocycles. The molecule has 3 aromatic rings. The van der Waals surface area contributed by atoms with Gasteiger partial charge in [0.05, 0.1) is 5.52 Å². The Morgan fingerprint density at radius 1 is 1.42 bits per heavy atom. The number of piperidine rings is 1. The van der Waals surface area contributed by atoms with Crippen LogP contribution in [0.4, 0.5) is 5.13 Å². The maximum absolute atomic E-state index is 11.2. The van der Waals surface area contributed by atoms with E-state index in [0.717, 1.165) is 19.6 Å². The van der Waals surface area contributed by atoms with Crippen LogP contribution in [0.1, 0.15) is 36.3 Å². The Balaban J connectivity index is 1.47. The molecule has 0 saturated carbocycles. The normalized spacial score (nSPS) is 18.3. The first-order valence-electron chi connectivity index (χ1n) is 8.94. The van der Waals surface area contributed by atoms with Crippen LogP contribution in [0.15, 0.2) is 30.7 Å². The van der Waals surface area contributed by atoms with Gasteiger partial charge in [-0.2, -0.15) is 0 Å². The molecule has 1 unspecified atom stereocenters. The van der Waals surface area contributed by atoms with Gasteiger partial charge in [-0.1, -0.05) is 0 Å². The summed E-state index contributed by atoms with van der Waals surface area (Å²) >= 11 is 1.56. The molecule has 4 rings (SSSR count). The molecule has 1 aliphatic heterocycles. The van der Waals surface area contributed by atoms with E-state index in [1.54, 1.807) is 11.3 Å². The molecule has 1 N–H and O–H groups in total. The van der Waals surface area contributed by atoms with Crippen LogP contribution in [0.2, 0.25) is 0 Å². The summed E-state index contributed by atoms with van der Waals surface area (Å²) in [5, 5.41) is 4.66. The lowest BCUT2D eigenvalue weighted by Crippen LogP contribution is -2.34. The number of carbonyl (C=O) groups excluding carboxylic acids is 1. The Hall–Kier alpha value is -2.25. The number of rotatable bonds is 4. The van der Waals surface area contributed by atoms with Gasteiger partial charge in [-0.05, 0) is 31.5 Å². The van der Waals surface area contributed by atoms with E-state index >= 15 is 0 Å². The lowest BCUT2D eigenvalue weighted by molar-refractivity contribution is -0.114. The van der Waals surface area contributed by atoms with E-state index in [0.29, 0.717) is 11.0 Å². The number of aryl methyl sites for hydroxylation is 1. The molecule has 4 heterocycles. The summed E-state index contributed by atoms with van der Waals surface area (Å²) in [6.45, 7) is 4.55. The number of nitrogens with zero attached hydrogens (tertiary/aromatic N) is 4. The van der Waals surface area contributed by atoms with Crippen molar-refractivity contribution in [2.75, 3.05) is 18.4 Å². The largest absolute Gasteiger partial charge is 0.347 e. The fourth-order valence-electron chi connectivity index (χ4n) is 3.85. The summed E-state index contributed by atoms with van der Waals surface area (Å²) in [7, 11) is 2.15. The van der Waals surface area contributed by atoms with Crippen molar-refractivity contribution >= 4 is 33.3 Å². The van der Waals surface area contributed by atoms with Crippen LogP contribution >= 0.6 is 11.3 Å². The molecule has 1 aliphatic rings. The smallest absolute Gasteiger partial charge is 0.223 e. The number of thiazole rings is 1. The van der Waals surface area contributed by atoms with E-state index in [2.05, 4.69) is 43.9 Å². The van der Waals surface area contributed by atoms with Crippen molar-refractivity contribution in [2.45, 2.75) is 32.2 Å². The number of hydrogen-bond acceptors (Lipinski definition) is 5. The number of anilines is 1. The van der Waals surface area contributed by atoms with Crippen molar-refractivity contribution in [3.05, 3.63) is 41.3 Å². The fourth-order valence-corrected chi connectivity index (χ4v) is 4.75. The molecule has 0 aromatic carbocycles. The van der Waals surface area contributed by atoms with Gasteiger partial charge >= 0.3 is 0 Å². The Kier molecular flexibility index (Phi) is 4.74. The van der Waals surface area contributed by atoms with Gasteiger partial charge in [0.2, 0.25) is 5.91 Å². The number of fused-ring (bicyclic) bond motifs is 1. The molecular weight excluding hydrogens is 346 g/mol. The van der Waals surface area contributed by atoms with Crippen LogP contribution in [-0.2, 0) is 18.4 Å². The summed E-state index contributed by atoms with van der Waals surface area (Å²) in [5.74, 6) is 0.457. The van der Waals surface area contributed by atoms with Crippen LogP contribution in [0.5, 0.6) is 0 Å². The van der Waals surface area contributed by atoms with Crippen molar-refractivity contribution in [2.24, 2.45) is 7.05 Å². The summed E-state index contributed by atoms with van der Waals surface area (Å²) < 4.78 is 2.31. The molecule has 0 bridgehead atoms. The van der Waals surface area contributed by atoms with E-state index in [9.17, 15) is 4.79 Å². The summed E-state index contributed by atoms with van der Waals surface area (Å²) in [6.07, 6.45) is 8.09. The molecule has 26 heavy (non-hydrogen) atoms. The second kappa shape index (κ2) is 7.17. The first-order chi connectivity index (χ1) is 12.6. The Morgan fingerprint density at radius 2 is 2.31 bits per heavy atom. The van der Waals surface area contributed by atoms with E-state index in [1.807, 2.05) is 18.6 Å². The van der Waals surface area contributed by atoms with Crippen molar-refractivity contribution in [3.63, 3.8) is 0 Å². The maximum Gasteiger partial charge on any atom is 0.223 e. The molecule has 0 spiro atoms. The fraction of sp³-hybridized carbons (Fsp3) is 0.421. The van der Waals surface area contributed by atoms with E-state index in [-0.39, 0.29) is 5.91 Å². The molecule has 7 heteroatoms. The van der Waals surface area contributed by atoms with Gasteiger partial charge in [-0.3, -0.25) is 14.7 Å². The zero-order valence-electron chi connectivity index (χ0n) is 15.1. The average molecular weight is 369 g/mol. The van der Waals surface area contributed by atoms with Gasteiger partial charge in [0.15, 0.2) is 5.13 Å². The van der Waals surface area contributed by atoms with Crippen molar-refractivity contribution in [1.82, 2.24) is 19.4 Å². The van der Waals surface area contributed by atoms with Crippen molar-refractivity contribution in [1.29, 1.82) is 0 Å². The second-order valence-corrected chi connectivity index (χ2v) is 8.07. The number of amides is 1.